The first-order chi connectivity index (χ1) is 13.4. The van der Waals surface area contributed by atoms with Gasteiger partial charge < -0.3 is 10.1 Å². The van der Waals surface area contributed by atoms with Crippen LogP contribution in [0.1, 0.15) is 67.3 Å². The molecule has 0 fully saturated rings. The summed E-state index contributed by atoms with van der Waals surface area (Å²) in [5.41, 5.74) is 2.68. The summed E-state index contributed by atoms with van der Waals surface area (Å²) >= 11 is 1.47. The van der Waals surface area contributed by atoms with Gasteiger partial charge in [-0.05, 0) is 51.2 Å². The highest BCUT2D eigenvalue weighted by molar-refractivity contribution is 7.16. The van der Waals surface area contributed by atoms with Crippen LogP contribution in [0.25, 0.3) is 0 Å². The largest absolute Gasteiger partial charge is 0.462 e. The van der Waals surface area contributed by atoms with Crippen molar-refractivity contribution in [2.24, 2.45) is 0 Å². The maximum atomic E-state index is 12.5. The number of esters is 1. The summed E-state index contributed by atoms with van der Waals surface area (Å²) < 4.78 is 5.18. The van der Waals surface area contributed by atoms with Crippen LogP contribution in [0.15, 0.2) is 48.0 Å². The Labute approximate surface area is 171 Å². The van der Waals surface area contributed by atoms with E-state index in [0.29, 0.717) is 23.1 Å². The third kappa shape index (κ3) is 6.64. The van der Waals surface area contributed by atoms with E-state index in [2.05, 4.69) is 32.2 Å². The summed E-state index contributed by atoms with van der Waals surface area (Å²) in [4.78, 5) is 25.9. The molecule has 0 bridgehead atoms. The number of benzene rings is 1. The summed E-state index contributed by atoms with van der Waals surface area (Å²) in [5, 5.41) is 3.49. The molecule has 4 nitrogen and oxygen atoms in total. The Kier molecular flexibility index (Phi) is 8.45. The molecule has 1 atom stereocenters. The van der Waals surface area contributed by atoms with Gasteiger partial charge >= 0.3 is 5.97 Å². The Morgan fingerprint density at radius 2 is 1.93 bits per heavy atom. The van der Waals surface area contributed by atoms with Gasteiger partial charge in [0, 0.05) is 4.88 Å². The van der Waals surface area contributed by atoms with Gasteiger partial charge in [-0.15, -0.1) is 11.3 Å². The lowest BCUT2D eigenvalue weighted by Crippen LogP contribution is -2.16. The van der Waals surface area contributed by atoms with E-state index in [9.17, 15) is 9.59 Å². The number of nitrogens with one attached hydrogen (secondary N) is 1. The van der Waals surface area contributed by atoms with Crippen molar-refractivity contribution in [3.63, 3.8) is 0 Å². The summed E-state index contributed by atoms with van der Waals surface area (Å²) in [6, 6.07) is 11.4. The monoisotopic (exact) mass is 399 g/mol. The highest BCUT2D eigenvalue weighted by Gasteiger charge is 2.21. The molecular formula is C23H29NO3S. The van der Waals surface area contributed by atoms with Gasteiger partial charge in [-0.2, -0.15) is 0 Å². The fourth-order valence-electron chi connectivity index (χ4n) is 2.82. The molecule has 0 saturated heterocycles. The summed E-state index contributed by atoms with van der Waals surface area (Å²) in [6.45, 7) is 8.41. The molecule has 2 rings (SSSR count). The topological polar surface area (TPSA) is 55.4 Å². The van der Waals surface area contributed by atoms with Crippen LogP contribution >= 0.6 is 11.3 Å². The number of thiophene rings is 1. The quantitative estimate of drug-likeness (QED) is 0.418. The molecule has 0 unspecified atom stereocenters. The third-order valence-electron chi connectivity index (χ3n) is 4.34. The molecule has 0 radical (unpaired) electrons. The number of hydrogen-bond donors (Lipinski definition) is 1. The molecule has 0 aliphatic heterocycles. The van der Waals surface area contributed by atoms with Crippen LogP contribution in [0.4, 0.5) is 5.00 Å². The van der Waals surface area contributed by atoms with Gasteiger partial charge in [0.1, 0.15) is 5.00 Å². The Morgan fingerprint density at radius 1 is 1.21 bits per heavy atom. The van der Waals surface area contributed by atoms with E-state index in [1.54, 1.807) is 6.92 Å². The zero-order chi connectivity index (χ0) is 20.5. The van der Waals surface area contributed by atoms with E-state index in [1.165, 1.54) is 16.9 Å². The maximum absolute atomic E-state index is 12.5. The van der Waals surface area contributed by atoms with Crippen LogP contribution in [0.2, 0.25) is 0 Å². The number of hydrogen-bond acceptors (Lipinski definition) is 4. The van der Waals surface area contributed by atoms with Gasteiger partial charge in [-0.1, -0.05) is 48.9 Å². The Hall–Kier alpha value is -2.40. The van der Waals surface area contributed by atoms with Crippen molar-refractivity contribution in [3.05, 3.63) is 64.1 Å². The van der Waals surface area contributed by atoms with Crippen LogP contribution < -0.4 is 5.32 Å². The van der Waals surface area contributed by atoms with E-state index in [-0.39, 0.29) is 12.3 Å². The number of ether oxygens (including phenoxy) is 1. The molecule has 1 heterocycles. The van der Waals surface area contributed by atoms with Crippen molar-refractivity contribution in [3.8, 4) is 0 Å². The Balaban J connectivity index is 2.15. The smallest absolute Gasteiger partial charge is 0.341 e. The predicted octanol–water partition coefficient (Wildman–Crippen LogP) is 5.96. The van der Waals surface area contributed by atoms with Crippen LogP contribution in [0, 0.1) is 0 Å². The molecule has 1 aromatic carbocycles. The first-order valence-electron chi connectivity index (χ1n) is 9.68. The highest BCUT2D eigenvalue weighted by atomic mass is 32.1. The first kappa shape index (κ1) is 21.9. The first-order valence-corrected chi connectivity index (χ1v) is 10.5. The molecule has 150 valence electrons. The average molecular weight is 400 g/mol. The van der Waals surface area contributed by atoms with E-state index in [0.717, 1.165) is 23.3 Å². The Morgan fingerprint density at radius 3 is 2.57 bits per heavy atom. The normalized spacial score (nSPS) is 11.6. The van der Waals surface area contributed by atoms with Crippen molar-refractivity contribution in [1.29, 1.82) is 0 Å². The van der Waals surface area contributed by atoms with Crippen molar-refractivity contribution in [1.82, 2.24) is 0 Å². The number of carbonyl (C=O) groups excluding carboxylic acids is 2. The molecule has 0 aliphatic carbocycles. The van der Waals surface area contributed by atoms with Crippen LogP contribution in [0.5, 0.6) is 0 Å². The molecule has 5 heteroatoms. The highest BCUT2D eigenvalue weighted by Crippen LogP contribution is 2.35. The van der Waals surface area contributed by atoms with Crippen molar-refractivity contribution < 1.29 is 14.3 Å². The molecule has 0 spiro atoms. The second-order valence-electron chi connectivity index (χ2n) is 7.08. The van der Waals surface area contributed by atoms with Crippen molar-refractivity contribution >= 4 is 28.2 Å². The number of anilines is 1. The van der Waals surface area contributed by atoms with Crippen LogP contribution in [0.3, 0.4) is 0 Å². The fraction of sp³-hybridized carbons (Fsp3) is 0.391. The second kappa shape index (κ2) is 10.8. The van der Waals surface area contributed by atoms with Gasteiger partial charge in [-0.3, -0.25) is 4.79 Å². The van der Waals surface area contributed by atoms with E-state index >= 15 is 0 Å². The molecule has 1 amide bonds. The molecule has 1 N–H and O–H groups in total. The predicted molar refractivity (Wildman–Crippen MR) is 116 cm³/mol. The van der Waals surface area contributed by atoms with Gasteiger partial charge in [-0.25, -0.2) is 4.79 Å². The minimum Gasteiger partial charge on any atom is -0.462 e. The van der Waals surface area contributed by atoms with Gasteiger partial charge in [0.2, 0.25) is 5.91 Å². The third-order valence-corrected chi connectivity index (χ3v) is 5.63. The lowest BCUT2D eigenvalue weighted by molar-refractivity contribution is -0.115. The average Bonchev–Trinajstić information content (AvgIpc) is 3.06. The van der Waals surface area contributed by atoms with E-state index in [4.69, 9.17) is 4.74 Å². The Bertz CT molecular complexity index is 820. The van der Waals surface area contributed by atoms with E-state index in [1.807, 2.05) is 36.4 Å². The lowest BCUT2D eigenvalue weighted by Gasteiger charge is -2.07. The summed E-state index contributed by atoms with van der Waals surface area (Å²) in [7, 11) is 0. The fourth-order valence-corrected chi connectivity index (χ4v) is 3.97. The second-order valence-corrected chi connectivity index (χ2v) is 8.17. The molecule has 28 heavy (non-hydrogen) atoms. The van der Waals surface area contributed by atoms with Crippen molar-refractivity contribution in [2.45, 2.75) is 52.9 Å². The van der Waals surface area contributed by atoms with Gasteiger partial charge in [0.15, 0.2) is 0 Å². The molecular weight excluding hydrogens is 370 g/mol. The zero-order valence-electron chi connectivity index (χ0n) is 17.1. The summed E-state index contributed by atoms with van der Waals surface area (Å²) in [6.07, 6.45) is 4.47. The minimum absolute atomic E-state index is 0.137. The van der Waals surface area contributed by atoms with E-state index < -0.39 is 5.97 Å². The minimum atomic E-state index is -0.392. The number of allylic oxidation sites excluding steroid dienone is 2. The summed E-state index contributed by atoms with van der Waals surface area (Å²) in [5.74, 6) is -0.229. The van der Waals surface area contributed by atoms with Crippen LogP contribution in [-0.2, 0) is 16.0 Å². The van der Waals surface area contributed by atoms with Crippen LogP contribution in [-0.4, -0.2) is 18.5 Å². The molecule has 0 saturated carbocycles. The number of carbonyl (C=O) groups is 2. The standard InChI is InChI=1S/C23H29NO3S/c1-5-27-23(26)19-15-20(17(4)11-9-10-16(2)3)28-22(19)24-21(25)14-18-12-7-6-8-13-18/h6-8,10,12-13,15,17H,5,9,11,14H2,1-4H3,(H,24,25)/t17-/m0/s1. The van der Waals surface area contributed by atoms with Crippen molar-refractivity contribution in [2.75, 3.05) is 11.9 Å². The molecule has 0 aliphatic rings. The maximum Gasteiger partial charge on any atom is 0.341 e. The SMILES string of the molecule is CCOC(=O)c1cc([C@@H](C)CCC=C(C)C)sc1NC(=O)Cc1ccccc1. The van der Waals surface area contributed by atoms with Gasteiger partial charge in [0.05, 0.1) is 18.6 Å². The number of rotatable bonds is 9. The lowest BCUT2D eigenvalue weighted by atomic mass is 10.0. The molecule has 2 aromatic rings. The zero-order valence-corrected chi connectivity index (χ0v) is 17.9. The number of amides is 1. The van der Waals surface area contributed by atoms with Gasteiger partial charge in [0.25, 0.3) is 0 Å². The molecule has 1 aromatic heterocycles.